The van der Waals surface area contributed by atoms with Crippen LogP contribution in [0, 0.1) is 0 Å². The maximum atomic E-state index is 10.9. The molecule has 0 atom stereocenters. The summed E-state index contributed by atoms with van der Waals surface area (Å²) in [6.45, 7) is 1.53. The minimum absolute atomic E-state index is 0.143. The van der Waals surface area contributed by atoms with Crippen LogP contribution in [0.4, 0.5) is 0 Å². The topological polar surface area (TPSA) is 44.8 Å². The Labute approximate surface area is 108 Å². The molecule has 2 aliphatic carbocycles. The molecule has 0 aromatic carbocycles. The van der Waals surface area contributed by atoms with Gasteiger partial charge in [-0.25, -0.2) is 0 Å². The summed E-state index contributed by atoms with van der Waals surface area (Å²) in [4.78, 5) is 10.9. The van der Waals surface area contributed by atoms with Crippen molar-refractivity contribution in [3.05, 3.63) is 23.7 Å². The van der Waals surface area contributed by atoms with E-state index in [1.165, 1.54) is 6.92 Å². The van der Waals surface area contributed by atoms with E-state index in [9.17, 15) is 4.79 Å². The zero-order chi connectivity index (χ0) is 12.8. The van der Waals surface area contributed by atoms with Gasteiger partial charge in [0.2, 0.25) is 0 Å². The van der Waals surface area contributed by atoms with Gasteiger partial charge >= 0.3 is 5.97 Å². The SMILES string of the molecule is CC(=O)OCC(OC1=CCCC1)OC1=CCCC1. The molecule has 100 valence electrons. The Kier molecular flexibility index (Phi) is 4.67. The monoisotopic (exact) mass is 252 g/mol. The number of rotatable bonds is 6. The standard InChI is InChI=1S/C14H20O4/c1-11(15)16-10-14(17-12-6-2-3-7-12)18-13-8-4-5-9-13/h6,8,14H,2-5,7,9-10H2,1H3. The lowest BCUT2D eigenvalue weighted by atomic mass is 10.3. The van der Waals surface area contributed by atoms with E-state index in [0.717, 1.165) is 50.0 Å². The Morgan fingerprint density at radius 2 is 1.72 bits per heavy atom. The van der Waals surface area contributed by atoms with Gasteiger partial charge < -0.3 is 14.2 Å². The predicted molar refractivity (Wildman–Crippen MR) is 66.5 cm³/mol. The summed E-state index contributed by atoms with van der Waals surface area (Å²) in [5, 5.41) is 0. The highest BCUT2D eigenvalue weighted by atomic mass is 16.7. The van der Waals surface area contributed by atoms with E-state index in [4.69, 9.17) is 14.2 Å². The van der Waals surface area contributed by atoms with Crippen LogP contribution in [-0.2, 0) is 19.0 Å². The van der Waals surface area contributed by atoms with Crippen LogP contribution in [0.25, 0.3) is 0 Å². The molecule has 0 saturated carbocycles. The number of allylic oxidation sites excluding steroid dienone is 4. The second-order valence-corrected chi connectivity index (χ2v) is 4.59. The summed E-state index contributed by atoms with van der Waals surface area (Å²) < 4.78 is 16.5. The van der Waals surface area contributed by atoms with Crippen molar-refractivity contribution in [2.45, 2.75) is 51.7 Å². The predicted octanol–water partition coefficient (Wildman–Crippen LogP) is 3.04. The van der Waals surface area contributed by atoms with Crippen molar-refractivity contribution in [2.24, 2.45) is 0 Å². The molecule has 0 amide bonds. The Morgan fingerprint density at radius 3 is 2.11 bits per heavy atom. The van der Waals surface area contributed by atoms with Gasteiger partial charge in [0.05, 0.1) is 11.5 Å². The molecule has 0 spiro atoms. The molecule has 0 aromatic heterocycles. The summed E-state index contributed by atoms with van der Waals surface area (Å²) in [5.74, 6) is 1.59. The Balaban J connectivity index is 1.86. The van der Waals surface area contributed by atoms with E-state index in [0.29, 0.717) is 0 Å². The minimum Gasteiger partial charge on any atom is -0.458 e. The molecule has 4 nitrogen and oxygen atoms in total. The van der Waals surface area contributed by atoms with Crippen LogP contribution in [-0.4, -0.2) is 18.9 Å². The van der Waals surface area contributed by atoms with Crippen molar-refractivity contribution in [1.82, 2.24) is 0 Å². The van der Waals surface area contributed by atoms with E-state index in [1.807, 2.05) is 0 Å². The molecule has 0 N–H and O–H groups in total. The van der Waals surface area contributed by atoms with Crippen LogP contribution in [0.2, 0.25) is 0 Å². The van der Waals surface area contributed by atoms with Crippen LogP contribution in [0.3, 0.4) is 0 Å². The fourth-order valence-electron chi connectivity index (χ4n) is 2.11. The summed E-state index contributed by atoms with van der Waals surface area (Å²) in [7, 11) is 0. The lowest BCUT2D eigenvalue weighted by Gasteiger charge is -2.21. The first-order valence-corrected chi connectivity index (χ1v) is 6.59. The molecule has 0 heterocycles. The zero-order valence-electron chi connectivity index (χ0n) is 10.8. The number of ether oxygens (including phenoxy) is 3. The lowest BCUT2D eigenvalue weighted by Crippen LogP contribution is -2.24. The highest BCUT2D eigenvalue weighted by molar-refractivity contribution is 5.65. The molecule has 0 radical (unpaired) electrons. The molecule has 0 aromatic rings. The van der Waals surface area contributed by atoms with E-state index in [-0.39, 0.29) is 12.6 Å². The molecule has 2 aliphatic rings. The third-order valence-corrected chi connectivity index (χ3v) is 2.99. The number of hydrogen-bond donors (Lipinski definition) is 0. The molecule has 4 heteroatoms. The molecule has 0 saturated heterocycles. The Bertz CT molecular complexity index is 331. The van der Waals surface area contributed by atoms with Crippen molar-refractivity contribution in [2.75, 3.05) is 6.61 Å². The number of hydrogen-bond acceptors (Lipinski definition) is 4. The first-order valence-electron chi connectivity index (χ1n) is 6.59. The van der Waals surface area contributed by atoms with Gasteiger partial charge in [-0.15, -0.1) is 0 Å². The molecular formula is C14H20O4. The van der Waals surface area contributed by atoms with Crippen molar-refractivity contribution < 1.29 is 19.0 Å². The van der Waals surface area contributed by atoms with Crippen molar-refractivity contribution in [3.8, 4) is 0 Å². The summed E-state index contributed by atoms with van der Waals surface area (Å²) in [6, 6.07) is 0. The lowest BCUT2D eigenvalue weighted by molar-refractivity contribution is -0.160. The minimum atomic E-state index is -0.511. The van der Waals surface area contributed by atoms with E-state index in [2.05, 4.69) is 12.2 Å². The van der Waals surface area contributed by atoms with Gasteiger partial charge in [-0.1, -0.05) is 0 Å². The van der Waals surface area contributed by atoms with Gasteiger partial charge in [-0.2, -0.15) is 0 Å². The average Bonchev–Trinajstić information content (AvgIpc) is 2.98. The normalized spacial score (nSPS) is 18.6. The first kappa shape index (κ1) is 13.0. The van der Waals surface area contributed by atoms with Gasteiger partial charge in [-0.3, -0.25) is 4.79 Å². The van der Waals surface area contributed by atoms with Crippen LogP contribution in [0.1, 0.15) is 45.4 Å². The first-order chi connectivity index (χ1) is 8.74. The maximum absolute atomic E-state index is 10.9. The largest absolute Gasteiger partial charge is 0.458 e. The number of esters is 1. The quantitative estimate of drug-likeness (QED) is 0.538. The van der Waals surface area contributed by atoms with Crippen LogP contribution < -0.4 is 0 Å². The zero-order valence-corrected chi connectivity index (χ0v) is 10.8. The second kappa shape index (κ2) is 6.47. The molecule has 0 unspecified atom stereocenters. The van der Waals surface area contributed by atoms with Gasteiger partial charge in [0.1, 0.15) is 0 Å². The summed E-state index contributed by atoms with van der Waals surface area (Å²) >= 11 is 0. The average molecular weight is 252 g/mol. The van der Waals surface area contributed by atoms with Gasteiger partial charge in [0.15, 0.2) is 6.61 Å². The molecule has 0 fully saturated rings. The Morgan fingerprint density at radius 1 is 1.17 bits per heavy atom. The highest BCUT2D eigenvalue weighted by Gasteiger charge is 2.19. The third-order valence-electron chi connectivity index (χ3n) is 2.99. The summed E-state index contributed by atoms with van der Waals surface area (Å²) in [6.07, 6.45) is 9.88. The maximum Gasteiger partial charge on any atom is 0.302 e. The Hall–Kier alpha value is -1.45. The third kappa shape index (κ3) is 4.09. The molecule has 0 bridgehead atoms. The van der Waals surface area contributed by atoms with E-state index in [1.54, 1.807) is 0 Å². The van der Waals surface area contributed by atoms with Crippen molar-refractivity contribution >= 4 is 5.97 Å². The fraction of sp³-hybridized carbons (Fsp3) is 0.643. The van der Waals surface area contributed by atoms with Gasteiger partial charge in [0, 0.05) is 19.8 Å². The van der Waals surface area contributed by atoms with Crippen LogP contribution in [0.15, 0.2) is 23.7 Å². The van der Waals surface area contributed by atoms with Crippen LogP contribution in [0.5, 0.6) is 0 Å². The second-order valence-electron chi connectivity index (χ2n) is 4.59. The fourth-order valence-corrected chi connectivity index (χ4v) is 2.11. The van der Waals surface area contributed by atoms with Gasteiger partial charge in [-0.05, 0) is 37.8 Å². The smallest absolute Gasteiger partial charge is 0.302 e. The summed E-state index contributed by atoms with van der Waals surface area (Å²) in [5.41, 5.74) is 0. The molecular weight excluding hydrogens is 232 g/mol. The number of carbonyl (C=O) groups is 1. The van der Waals surface area contributed by atoms with Crippen molar-refractivity contribution in [1.29, 1.82) is 0 Å². The van der Waals surface area contributed by atoms with E-state index < -0.39 is 6.29 Å². The van der Waals surface area contributed by atoms with Crippen LogP contribution >= 0.6 is 0 Å². The van der Waals surface area contributed by atoms with Gasteiger partial charge in [0.25, 0.3) is 6.29 Å². The molecule has 0 aliphatic heterocycles. The highest BCUT2D eigenvalue weighted by Crippen LogP contribution is 2.24. The van der Waals surface area contributed by atoms with E-state index >= 15 is 0 Å². The molecule has 2 rings (SSSR count). The van der Waals surface area contributed by atoms with Crippen molar-refractivity contribution in [3.63, 3.8) is 0 Å². The number of carbonyl (C=O) groups excluding carboxylic acids is 1. The molecule has 18 heavy (non-hydrogen) atoms.